The molecule has 0 saturated heterocycles. The van der Waals surface area contributed by atoms with E-state index in [1.54, 1.807) is 0 Å². The summed E-state index contributed by atoms with van der Waals surface area (Å²) in [5.41, 5.74) is 3.29. The SMILES string of the molecule is CCn1nc(C)c(Br)c1CC(O)C1(c2ccccc2)CC1. The zero-order valence-corrected chi connectivity index (χ0v) is 14.1. The Morgan fingerprint density at radius 3 is 2.57 bits per heavy atom. The fraction of sp³-hybridized carbons (Fsp3) is 0.471. The van der Waals surface area contributed by atoms with Crippen molar-refractivity contribution in [3.63, 3.8) is 0 Å². The van der Waals surface area contributed by atoms with Gasteiger partial charge in [0.25, 0.3) is 0 Å². The maximum atomic E-state index is 10.8. The van der Waals surface area contributed by atoms with Crippen molar-refractivity contribution in [1.82, 2.24) is 9.78 Å². The van der Waals surface area contributed by atoms with Crippen LogP contribution < -0.4 is 0 Å². The molecule has 21 heavy (non-hydrogen) atoms. The smallest absolute Gasteiger partial charge is 0.0738 e. The van der Waals surface area contributed by atoms with Crippen molar-refractivity contribution < 1.29 is 5.11 Å². The molecule has 1 atom stereocenters. The normalized spacial score (nSPS) is 17.7. The second-order valence-corrected chi connectivity index (χ2v) is 6.70. The van der Waals surface area contributed by atoms with Gasteiger partial charge < -0.3 is 5.11 Å². The monoisotopic (exact) mass is 348 g/mol. The number of hydrogen-bond acceptors (Lipinski definition) is 2. The first-order valence-corrected chi connectivity index (χ1v) is 8.33. The zero-order valence-electron chi connectivity index (χ0n) is 12.5. The van der Waals surface area contributed by atoms with Crippen LogP contribution in [0.25, 0.3) is 0 Å². The van der Waals surface area contributed by atoms with Crippen LogP contribution in [0.15, 0.2) is 34.8 Å². The van der Waals surface area contributed by atoms with E-state index < -0.39 is 0 Å². The molecule has 1 saturated carbocycles. The lowest BCUT2D eigenvalue weighted by Gasteiger charge is -2.23. The fourth-order valence-electron chi connectivity index (χ4n) is 3.16. The molecule has 2 aromatic rings. The van der Waals surface area contributed by atoms with Gasteiger partial charge in [0.2, 0.25) is 0 Å². The van der Waals surface area contributed by atoms with Crippen LogP contribution in [0.1, 0.15) is 36.7 Å². The van der Waals surface area contributed by atoms with Gasteiger partial charge >= 0.3 is 0 Å². The number of hydrogen-bond donors (Lipinski definition) is 1. The van der Waals surface area contributed by atoms with Crippen LogP contribution in [0.2, 0.25) is 0 Å². The van der Waals surface area contributed by atoms with Crippen molar-refractivity contribution in [3.8, 4) is 0 Å². The molecule has 112 valence electrons. The van der Waals surface area contributed by atoms with E-state index in [1.807, 2.05) is 17.7 Å². The van der Waals surface area contributed by atoms with E-state index in [-0.39, 0.29) is 11.5 Å². The summed E-state index contributed by atoms with van der Waals surface area (Å²) in [5, 5.41) is 15.4. The van der Waals surface area contributed by atoms with Gasteiger partial charge in [0.1, 0.15) is 0 Å². The van der Waals surface area contributed by atoms with E-state index in [1.165, 1.54) is 5.56 Å². The lowest BCUT2D eigenvalue weighted by Crippen LogP contribution is -2.29. The fourth-order valence-corrected chi connectivity index (χ4v) is 3.61. The predicted octanol–water partition coefficient (Wildman–Crippen LogP) is 3.61. The average Bonchev–Trinajstić information content (AvgIpc) is 3.27. The molecule has 3 nitrogen and oxygen atoms in total. The van der Waals surface area contributed by atoms with Gasteiger partial charge in [-0.3, -0.25) is 4.68 Å². The standard InChI is InChI=1S/C17H21BrN2O/c1-3-20-14(16(18)12(2)19-20)11-15(21)17(9-10-17)13-7-5-4-6-8-13/h4-8,15,21H,3,9-11H2,1-2H3. The van der Waals surface area contributed by atoms with Crippen molar-refractivity contribution in [2.24, 2.45) is 0 Å². The molecule has 1 fully saturated rings. The van der Waals surface area contributed by atoms with E-state index in [4.69, 9.17) is 0 Å². The third kappa shape index (κ3) is 2.55. The highest BCUT2D eigenvalue weighted by atomic mass is 79.9. The van der Waals surface area contributed by atoms with Gasteiger partial charge in [0.15, 0.2) is 0 Å². The number of nitrogens with zero attached hydrogens (tertiary/aromatic N) is 2. The minimum Gasteiger partial charge on any atom is -0.392 e. The van der Waals surface area contributed by atoms with E-state index in [0.717, 1.165) is 35.2 Å². The number of aryl methyl sites for hydroxylation is 2. The Bertz CT molecular complexity index is 632. The molecule has 0 aliphatic heterocycles. The van der Waals surface area contributed by atoms with Gasteiger partial charge in [-0.05, 0) is 48.2 Å². The molecule has 1 heterocycles. The van der Waals surface area contributed by atoms with Crippen molar-refractivity contribution in [3.05, 3.63) is 51.8 Å². The first kappa shape index (κ1) is 14.8. The van der Waals surface area contributed by atoms with E-state index in [9.17, 15) is 5.11 Å². The molecule has 0 amide bonds. The van der Waals surface area contributed by atoms with E-state index in [2.05, 4.69) is 52.2 Å². The molecule has 1 N–H and O–H groups in total. The topological polar surface area (TPSA) is 38.0 Å². The molecule has 4 heteroatoms. The third-order valence-electron chi connectivity index (χ3n) is 4.61. The van der Waals surface area contributed by atoms with Gasteiger partial charge in [0.05, 0.1) is 22.0 Å². The predicted molar refractivity (Wildman–Crippen MR) is 87.4 cm³/mol. The van der Waals surface area contributed by atoms with Crippen LogP contribution in [0.5, 0.6) is 0 Å². The second kappa shape index (κ2) is 5.58. The van der Waals surface area contributed by atoms with Gasteiger partial charge in [-0.15, -0.1) is 0 Å². The van der Waals surface area contributed by atoms with Crippen LogP contribution in [0, 0.1) is 6.92 Å². The van der Waals surface area contributed by atoms with Crippen LogP contribution >= 0.6 is 15.9 Å². The molecule has 1 aliphatic carbocycles. The van der Waals surface area contributed by atoms with Crippen LogP contribution in [-0.4, -0.2) is 21.0 Å². The first-order valence-electron chi connectivity index (χ1n) is 7.54. The van der Waals surface area contributed by atoms with Crippen LogP contribution in [0.3, 0.4) is 0 Å². The number of aliphatic hydroxyl groups is 1. The van der Waals surface area contributed by atoms with Crippen LogP contribution in [0.4, 0.5) is 0 Å². The first-order chi connectivity index (χ1) is 10.1. The highest BCUT2D eigenvalue weighted by Crippen LogP contribution is 2.51. The lowest BCUT2D eigenvalue weighted by atomic mass is 9.87. The lowest BCUT2D eigenvalue weighted by molar-refractivity contribution is 0.129. The molecule has 1 unspecified atom stereocenters. The number of aromatic nitrogens is 2. The molecule has 3 rings (SSSR count). The quantitative estimate of drug-likeness (QED) is 0.896. The Morgan fingerprint density at radius 1 is 1.33 bits per heavy atom. The summed E-state index contributed by atoms with van der Waals surface area (Å²) in [6, 6.07) is 10.4. The highest BCUT2D eigenvalue weighted by molar-refractivity contribution is 9.10. The maximum absolute atomic E-state index is 10.8. The van der Waals surface area contributed by atoms with Gasteiger partial charge in [-0.25, -0.2) is 0 Å². The third-order valence-corrected chi connectivity index (χ3v) is 5.65. The Labute approximate surface area is 134 Å². The van der Waals surface area contributed by atoms with Crippen LogP contribution in [-0.2, 0) is 18.4 Å². The Kier molecular flexibility index (Phi) is 3.93. The molecule has 0 spiro atoms. The minimum atomic E-state index is -0.363. The Hall–Kier alpha value is -1.13. The summed E-state index contributed by atoms with van der Waals surface area (Å²) in [6.45, 7) is 4.90. The number of rotatable bonds is 5. The van der Waals surface area contributed by atoms with Crippen molar-refractivity contribution in [2.75, 3.05) is 0 Å². The molecule has 1 aliphatic rings. The summed E-state index contributed by atoms with van der Waals surface area (Å²) < 4.78 is 3.02. The summed E-state index contributed by atoms with van der Waals surface area (Å²) in [5.74, 6) is 0. The maximum Gasteiger partial charge on any atom is 0.0738 e. The van der Waals surface area contributed by atoms with Crippen molar-refractivity contribution in [1.29, 1.82) is 0 Å². The van der Waals surface area contributed by atoms with Gasteiger partial charge in [0, 0.05) is 18.4 Å². The largest absolute Gasteiger partial charge is 0.392 e. The molecule has 1 aromatic heterocycles. The Morgan fingerprint density at radius 2 is 2.00 bits per heavy atom. The highest BCUT2D eigenvalue weighted by Gasteiger charge is 2.50. The minimum absolute atomic E-state index is 0.0581. The number of aliphatic hydroxyl groups excluding tert-OH is 1. The van der Waals surface area contributed by atoms with Gasteiger partial charge in [-0.1, -0.05) is 30.3 Å². The van der Waals surface area contributed by atoms with Crippen molar-refractivity contribution >= 4 is 15.9 Å². The summed E-state index contributed by atoms with van der Waals surface area (Å²) >= 11 is 3.62. The summed E-state index contributed by atoms with van der Waals surface area (Å²) in [7, 11) is 0. The zero-order chi connectivity index (χ0) is 15.0. The van der Waals surface area contributed by atoms with E-state index >= 15 is 0 Å². The number of benzene rings is 1. The molecule has 1 aromatic carbocycles. The summed E-state index contributed by atoms with van der Waals surface area (Å²) in [6.07, 6.45) is 2.41. The van der Waals surface area contributed by atoms with E-state index in [0.29, 0.717) is 6.42 Å². The molecular formula is C17H21BrN2O. The average molecular weight is 349 g/mol. The number of halogens is 1. The molecule has 0 bridgehead atoms. The second-order valence-electron chi connectivity index (χ2n) is 5.90. The van der Waals surface area contributed by atoms with Gasteiger partial charge in [-0.2, -0.15) is 5.10 Å². The molecular weight excluding hydrogens is 328 g/mol. The van der Waals surface area contributed by atoms with Crippen molar-refractivity contribution in [2.45, 2.75) is 51.2 Å². The Balaban J connectivity index is 1.86. The summed E-state index contributed by atoms with van der Waals surface area (Å²) in [4.78, 5) is 0. The molecule has 0 radical (unpaired) electrons.